The first-order valence-electron chi connectivity index (χ1n) is 0.365. The molecule has 3 nitrogen and oxygen atoms in total. The third kappa shape index (κ3) is 29.4. The minimum atomic E-state index is 0. The van der Waals surface area contributed by atoms with Crippen molar-refractivity contribution in [1.29, 1.82) is 0 Å². The van der Waals surface area contributed by atoms with Gasteiger partial charge in [-0.1, -0.05) is 5.04 Å². The maximum absolute atomic E-state index is 6.62. The molecule has 0 unspecified atom stereocenters. The fraction of sp³-hybridized carbons (Fsp3) is 0. The van der Waals surface area contributed by atoms with Crippen molar-refractivity contribution in [3.05, 3.63) is 0 Å². The molecule has 0 aliphatic rings. The summed E-state index contributed by atoms with van der Waals surface area (Å²) in [6, 6.07) is 0. The molecule has 0 aliphatic heterocycles. The second kappa shape index (κ2) is 9.99. The quantitative estimate of drug-likeness (QED) is 0.258. The van der Waals surface area contributed by atoms with E-state index < -0.39 is 0 Å². The molecule has 0 fully saturated rings. The van der Waals surface area contributed by atoms with Gasteiger partial charge in [0.2, 0.25) is 0 Å². The summed E-state index contributed by atoms with van der Waals surface area (Å²) < 4.78 is 0. The Kier molecular flexibility index (Phi) is 22.1. The Morgan fingerprint density at radius 3 is 1.25 bits per heavy atom. The van der Waals surface area contributed by atoms with Crippen LogP contribution in [0.3, 0.4) is 0 Å². The second-order valence-electron chi connectivity index (χ2n) is 0.0816. The fourth-order valence-electron chi connectivity index (χ4n) is 0. The van der Waals surface area contributed by atoms with E-state index in [2.05, 4.69) is 5.04 Å². The third-order valence-corrected chi connectivity index (χ3v) is 0. The van der Waals surface area contributed by atoms with Crippen molar-refractivity contribution in [3.63, 3.8) is 0 Å². The van der Waals surface area contributed by atoms with Crippen molar-refractivity contribution >= 4 is 0 Å². The zero-order valence-electron chi connectivity index (χ0n) is 1.66. The molecule has 0 rings (SSSR count). The molecule has 0 radical (unpaired) electrons. The maximum atomic E-state index is 6.62. The second-order valence-corrected chi connectivity index (χ2v) is 0.0816. The van der Waals surface area contributed by atoms with Gasteiger partial charge in [-0.25, -0.2) is 10.5 Å². The monoisotopic (exact) mass is 106 g/mol. The van der Waals surface area contributed by atoms with E-state index in [4.69, 9.17) is 10.5 Å². The van der Waals surface area contributed by atoms with Gasteiger partial charge in [0.1, 0.15) is 0 Å². The van der Waals surface area contributed by atoms with Gasteiger partial charge in [0, 0.05) is 0 Å². The summed E-state index contributed by atoms with van der Waals surface area (Å²) in [5, 5.41) is 15.5. The number of hydrogen-bond donors (Lipinski definition) is 2. The number of rotatable bonds is 0. The average molecular weight is 106 g/mol. The van der Waals surface area contributed by atoms with Gasteiger partial charge < -0.3 is 0 Å². The fourth-order valence-corrected chi connectivity index (χ4v) is 0. The summed E-state index contributed by atoms with van der Waals surface area (Å²) in [7, 11) is 0. The Labute approximate surface area is 33.5 Å². The summed E-state index contributed by atoms with van der Waals surface area (Å²) in [5.74, 6) is 0. The molecule has 4 heteroatoms. The van der Waals surface area contributed by atoms with E-state index in [1.807, 2.05) is 0 Å². The summed E-state index contributed by atoms with van der Waals surface area (Å²) in [6.45, 7) is 0. The van der Waals surface area contributed by atoms with Crippen LogP contribution in [0.15, 0.2) is 0 Å². The largest absolute Gasteiger partial charge is 2.00 e. The molecule has 2 N–H and O–H groups in total. The summed E-state index contributed by atoms with van der Waals surface area (Å²) in [6.07, 6.45) is 0. The van der Waals surface area contributed by atoms with Gasteiger partial charge in [0.05, 0.1) is 0 Å². The van der Waals surface area contributed by atoms with Crippen LogP contribution in [0, 0.1) is 0 Å². The van der Waals surface area contributed by atoms with Crippen LogP contribution in [-0.2, 0) is 22.1 Å². The van der Waals surface area contributed by atoms with Gasteiger partial charge in [0.25, 0.3) is 0 Å². The van der Waals surface area contributed by atoms with Crippen LogP contribution in [0.2, 0.25) is 0 Å². The topological polar surface area (TPSA) is 49.7 Å². The van der Waals surface area contributed by atoms with Gasteiger partial charge >= 0.3 is 17.1 Å². The average Bonchev–Trinajstić information content (AvgIpc) is 0.918. The van der Waals surface area contributed by atoms with Crippen LogP contribution < -0.4 is 0 Å². The molecule has 0 saturated carbocycles. The van der Waals surface area contributed by atoms with Crippen molar-refractivity contribution < 1.29 is 32.6 Å². The minimum absolute atomic E-state index is 0. The normalized spacial score (nSPS) is 4.50. The molecular weight excluding hydrogens is 104 g/mol. The van der Waals surface area contributed by atoms with Crippen LogP contribution >= 0.6 is 0 Å². The summed E-state index contributed by atoms with van der Waals surface area (Å²) in [4.78, 5) is 0. The Morgan fingerprint density at radius 2 is 1.25 bits per heavy atom. The van der Waals surface area contributed by atoms with Gasteiger partial charge in [-0.3, -0.25) is 0 Å². The standard InChI is InChI=1S/Fe.H2O3/c;1-3-2/h;1-2H/q+2;. The molecule has 0 aliphatic carbocycles. The van der Waals surface area contributed by atoms with Gasteiger partial charge in [-0.2, -0.15) is 0 Å². The molecule has 0 bridgehead atoms. The smallest absolute Gasteiger partial charge is 0.221 e. The van der Waals surface area contributed by atoms with Crippen molar-refractivity contribution in [3.8, 4) is 0 Å². The van der Waals surface area contributed by atoms with Crippen LogP contribution in [0.5, 0.6) is 0 Å². The van der Waals surface area contributed by atoms with E-state index in [1.54, 1.807) is 0 Å². The molecule has 0 heterocycles. The van der Waals surface area contributed by atoms with Crippen molar-refractivity contribution in [1.82, 2.24) is 0 Å². The SMILES string of the molecule is OOO.[Fe+2]. The molecule has 0 aromatic carbocycles. The first-order chi connectivity index (χ1) is 1.41. The Balaban J connectivity index is 0. The molecular formula is H2FeO3+2. The minimum Gasteiger partial charge on any atom is -0.221 e. The first kappa shape index (κ1) is 8.83. The predicted molar refractivity (Wildman–Crippen MR) is 6.34 cm³/mol. The van der Waals surface area contributed by atoms with E-state index in [9.17, 15) is 0 Å². The van der Waals surface area contributed by atoms with Crippen LogP contribution in [0.25, 0.3) is 0 Å². The Hall–Kier alpha value is 0.399. The Morgan fingerprint density at radius 1 is 1.25 bits per heavy atom. The van der Waals surface area contributed by atoms with E-state index in [0.717, 1.165) is 0 Å². The predicted octanol–water partition coefficient (Wildman–Crippen LogP) is -0.0535. The summed E-state index contributed by atoms with van der Waals surface area (Å²) >= 11 is 0. The first-order valence-corrected chi connectivity index (χ1v) is 0.365. The van der Waals surface area contributed by atoms with Crippen molar-refractivity contribution in [2.75, 3.05) is 0 Å². The van der Waals surface area contributed by atoms with Crippen LogP contribution in [0.1, 0.15) is 0 Å². The van der Waals surface area contributed by atoms with E-state index in [-0.39, 0.29) is 17.1 Å². The van der Waals surface area contributed by atoms with Crippen molar-refractivity contribution in [2.45, 2.75) is 0 Å². The van der Waals surface area contributed by atoms with Gasteiger partial charge in [-0.05, 0) is 0 Å². The zero-order valence-corrected chi connectivity index (χ0v) is 2.76. The van der Waals surface area contributed by atoms with Gasteiger partial charge in [-0.15, -0.1) is 0 Å². The summed E-state index contributed by atoms with van der Waals surface area (Å²) in [5.41, 5.74) is 0. The Bertz CT molecular complexity index is 3.25. The van der Waals surface area contributed by atoms with E-state index >= 15 is 0 Å². The molecule has 0 aromatic rings. The molecule has 0 amide bonds. The maximum Gasteiger partial charge on any atom is 2.00 e. The molecule has 0 aromatic heterocycles. The molecule has 0 saturated heterocycles. The van der Waals surface area contributed by atoms with Crippen LogP contribution in [-0.4, -0.2) is 10.5 Å². The number of hydrogen-bond acceptors (Lipinski definition) is 3. The molecule has 0 spiro atoms. The van der Waals surface area contributed by atoms with Crippen molar-refractivity contribution in [2.24, 2.45) is 0 Å². The van der Waals surface area contributed by atoms with E-state index in [1.165, 1.54) is 0 Å². The van der Waals surface area contributed by atoms with Crippen LogP contribution in [0.4, 0.5) is 0 Å². The molecule has 26 valence electrons. The zero-order chi connectivity index (χ0) is 2.71. The molecule has 0 atom stereocenters. The van der Waals surface area contributed by atoms with E-state index in [0.29, 0.717) is 0 Å². The molecule has 4 heavy (non-hydrogen) atoms. The van der Waals surface area contributed by atoms with Gasteiger partial charge in [0.15, 0.2) is 0 Å². The third-order valence-electron chi connectivity index (χ3n) is 0.